The van der Waals surface area contributed by atoms with Crippen molar-refractivity contribution in [1.29, 1.82) is 0 Å². The minimum absolute atomic E-state index is 0.472. The fourth-order valence-electron chi connectivity index (χ4n) is 3.28. The molecule has 2 aromatic heterocycles. The number of halogens is 1. The van der Waals surface area contributed by atoms with Crippen molar-refractivity contribution in [2.24, 2.45) is 0 Å². The third-order valence-electron chi connectivity index (χ3n) is 4.78. The summed E-state index contributed by atoms with van der Waals surface area (Å²) < 4.78 is 3.12. The van der Waals surface area contributed by atoms with Gasteiger partial charge in [0.25, 0.3) is 0 Å². The zero-order valence-corrected chi connectivity index (χ0v) is 14.1. The molecule has 0 spiro atoms. The maximum atomic E-state index is 4.78. The van der Waals surface area contributed by atoms with Crippen molar-refractivity contribution < 1.29 is 0 Å². The van der Waals surface area contributed by atoms with E-state index < -0.39 is 0 Å². The van der Waals surface area contributed by atoms with Gasteiger partial charge in [0, 0.05) is 37.9 Å². The van der Waals surface area contributed by atoms with Gasteiger partial charge in [0.1, 0.15) is 5.82 Å². The molecule has 3 heterocycles. The second kappa shape index (κ2) is 6.08. The molecule has 4 rings (SSSR count). The van der Waals surface area contributed by atoms with E-state index in [0.29, 0.717) is 12.0 Å². The summed E-state index contributed by atoms with van der Waals surface area (Å²) in [5.74, 6) is 1.66. The van der Waals surface area contributed by atoms with Crippen molar-refractivity contribution in [3.05, 3.63) is 40.6 Å². The summed E-state index contributed by atoms with van der Waals surface area (Å²) in [6, 6.07) is 2.53. The van der Waals surface area contributed by atoms with Crippen molar-refractivity contribution in [1.82, 2.24) is 24.6 Å². The van der Waals surface area contributed by atoms with E-state index in [1.807, 2.05) is 12.4 Å². The Labute approximate surface area is 138 Å². The first kappa shape index (κ1) is 14.3. The Hall–Kier alpha value is -1.27. The maximum absolute atomic E-state index is 4.78. The Morgan fingerprint density at radius 3 is 2.91 bits per heavy atom. The molecule has 2 fully saturated rings. The van der Waals surface area contributed by atoms with E-state index in [-0.39, 0.29) is 0 Å². The number of hydrogen-bond donors (Lipinski definition) is 0. The minimum Gasteiger partial charge on any atom is -0.295 e. The SMILES string of the molecule is Brc1cnn(C2CCN(Cc3ccnc(C4CCC4)n3)C2)c1. The molecule has 22 heavy (non-hydrogen) atoms. The molecular formula is C16H20BrN5. The fourth-order valence-corrected chi connectivity index (χ4v) is 3.58. The molecule has 1 saturated carbocycles. The van der Waals surface area contributed by atoms with E-state index in [2.05, 4.69) is 47.9 Å². The molecule has 2 aromatic rings. The normalized spacial score (nSPS) is 22.9. The Kier molecular flexibility index (Phi) is 3.96. The van der Waals surface area contributed by atoms with Crippen LogP contribution in [0.3, 0.4) is 0 Å². The average molecular weight is 362 g/mol. The van der Waals surface area contributed by atoms with E-state index >= 15 is 0 Å². The van der Waals surface area contributed by atoms with E-state index in [0.717, 1.165) is 42.0 Å². The van der Waals surface area contributed by atoms with Crippen LogP contribution in [0.1, 0.15) is 49.2 Å². The Bertz CT molecular complexity index is 651. The highest BCUT2D eigenvalue weighted by Crippen LogP contribution is 2.34. The predicted molar refractivity (Wildman–Crippen MR) is 87.5 cm³/mol. The van der Waals surface area contributed by atoms with Crippen LogP contribution in [0.4, 0.5) is 0 Å². The third-order valence-corrected chi connectivity index (χ3v) is 5.19. The van der Waals surface area contributed by atoms with Gasteiger partial charge in [-0.1, -0.05) is 6.42 Å². The van der Waals surface area contributed by atoms with Crippen molar-refractivity contribution in [3.8, 4) is 0 Å². The van der Waals surface area contributed by atoms with Crippen LogP contribution < -0.4 is 0 Å². The van der Waals surface area contributed by atoms with Gasteiger partial charge in [0.15, 0.2) is 0 Å². The highest BCUT2D eigenvalue weighted by molar-refractivity contribution is 9.10. The van der Waals surface area contributed by atoms with Crippen molar-refractivity contribution in [3.63, 3.8) is 0 Å². The van der Waals surface area contributed by atoms with Gasteiger partial charge in [-0.05, 0) is 41.3 Å². The van der Waals surface area contributed by atoms with Crippen molar-refractivity contribution >= 4 is 15.9 Å². The first-order valence-electron chi connectivity index (χ1n) is 8.02. The summed E-state index contributed by atoms with van der Waals surface area (Å²) in [7, 11) is 0. The molecule has 2 aliphatic rings. The third kappa shape index (κ3) is 2.94. The molecule has 0 N–H and O–H groups in total. The summed E-state index contributed by atoms with van der Waals surface area (Å²) in [6.45, 7) is 3.06. The van der Waals surface area contributed by atoms with Crippen molar-refractivity contribution in [2.75, 3.05) is 13.1 Å². The van der Waals surface area contributed by atoms with E-state index in [9.17, 15) is 0 Å². The quantitative estimate of drug-likeness (QED) is 0.838. The molecule has 0 aromatic carbocycles. The molecule has 0 radical (unpaired) electrons. The second-order valence-electron chi connectivity index (χ2n) is 6.35. The summed E-state index contributed by atoms with van der Waals surface area (Å²) >= 11 is 3.47. The molecule has 116 valence electrons. The molecule has 1 aliphatic carbocycles. The van der Waals surface area contributed by atoms with Gasteiger partial charge in [0.05, 0.1) is 22.4 Å². The Balaban J connectivity index is 1.39. The molecule has 1 unspecified atom stereocenters. The lowest BCUT2D eigenvalue weighted by molar-refractivity contribution is 0.306. The molecule has 1 saturated heterocycles. The second-order valence-corrected chi connectivity index (χ2v) is 7.27. The molecule has 6 heteroatoms. The Morgan fingerprint density at radius 2 is 2.18 bits per heavy atom. The molecule has 1 atom stereocenters. The topological polar surface area (TPSA) is 46.8 Å². The Morgan fingerprint density at radius 1 is 1.27 bits per heavy atom. The van der Waals surface area contributed by atoms with Crippen LogP contribution in [0.2, 0.25) is 0 Å². The number of hydrogen-bond acceptors (Lipinski definition) is 4. The first-order chi connectivity index (χ1) is 10.8. The first-order valence-corrected chi connectivity index (χ1v) is 8.81. The highest BCUT2D eigenvalue weighted by atomic mass is 79.9. The monoisotopic (exact) mass is 361 g/mol. The van der Waals surface area contributed by atoms with E-state index in [1.165, 1.54) is 19.3 Å². The summed E-state index contributed by atoms with van der Waals surface area (Å²) in [5, 5.41) is 4.41. The van der Waals surface area contributed by atoms with Crippen molar-refractivity contribution in [2.45, 2.75) is 44.2 Å². The standard InChI is InChI=1S/C16H20BrN5/c17-13-8-19-22(9-13)15-5-7-21(11-15)10-14-4-6-18-16(20-14)12-2-1-3-12/h4,6,8-9,12,15H,1-3,5,7,10-11H2. The number of nitrogens with zero attached hydrogens (tertiary/aromatic N) is 5. The van der Waals surface area contributed by atoms with Crippen LogP contribution in [-0.2, 0) is 6.54 Å². The van der Waals surface area contributed by atoms with Crippen LogP contribution in [0.5, 0.6) is 0 Å². The minimum atomic E-state index is 0.472. The molecule has 0 bridgehead atoms. The lowest BCUT2D eigenvalue weighted by atomic mass is 9.85. The molecule has 1 aliphatic heterocycles. The lowest BCUT2D eigenvalue weighted by Gasteiger charge is -2.24. The smallest absolute Gasteiger partial charge is 0.131 e. The fraction of sp³-hybridized carbons (Fsp3) is 0.562. The zero-order valence-electron chi connectivity index (χ0n) is 12.5. The molecular weight excluding hydrogens is 342 g/mol. The van der Waals surface area contributed by atoms with Crippen LogP contribution in [0.15, 0.2) is 29.1 Å². The number of aromatic nitrogens is 4. The van der Waals surface area contributed by atoms with Gasteiger partial charge in [-0.3, -0.25) is 9.58 Å². The molecule has 0 amide bonds. The largest absolute Gasteiger partial charge is 0.295 e. The summed E-state index contributed by atoms with van der Waals surface area (Å²) in [5.41, 5.74) is 1.15. The van der Waals surface area contributed by atoms with Gasteiger partial charge >= 0.3 is 0 Å². The van der Waals surface area contributed by atoms with Gasteiger partial charge in [-0.2, -0.15) is 5.10 Å². The van der Waals surface area contributed by atoms with Crippen LogP contribution in [0.25, 0.3) is 0 Å². The highest BCUT2D eigenvalue weighted by Gasteiger charge is 2.26. The maximum Gasteiger partial charge on any atom is 0.131 e. The number of rotatable bonds is 4. The van der Waals surface area contributed by atoms with Crippen LogP contribution in [-0.4, -0.2) is 37.7 Å². The van der Waals surface area contributed by atoms with E-state index in [1.54, 1.807) is 0 Å². The number of likely N-dealkylation sites (tertiary alicyclic amines) is 1. The summed E-state index contributed by atoms with van der Waals surface area (Å²) in [6.07, 6.45) is 10.8. The average Bonchev–Trinajstić information content (AvgIpc) is 3.06. The lowest BCUT2D eigenvalue weighted by Crippen LogP contribution is -2.23. The van der Waals surface area contributed by atoms with Crippen LogP contribution >= 0.6 is 15.9 Å². The van der Waals surface area contributed by atoms with Gasteiger partial charge in [-0.25, -0.2) is 9.97 Å². The van der Waals surface area contributed by atoms with Gasteiger partial charge in [0.2, 0.25) is 0 Å². The zero-order chi connectivity index (χ0) is 14.9. The van der Waals surface area contributed by atoms with Crippen LogP contribution in [0, 0.1) is 0 Å². The van der Waals surface area contributed by atoms with Gasteiger partial charge in [-0.15, -0.1) is 0 Å². The van der Waals surface area contributed by atoms with E-state index in [4.69, 9.17) is 4.98 Å². The predicted octanol–water partition coefficient (Wildman–Crippen LogP) is 3.15. The van der Waals surface area contributed by atoms with Gasteiger partial charge < -0.3 is 0 Å². The molecule has 5 nitrogen and oxygen atoms in total. The summed E-state index contributed by atoms with van der Waals surface area (Å²) in [4.78, 5) is 11.7.